The second kappa shape index (κ2) is 4.77. The van der Waals surface area contributed by atoms with Gasteiger partial charge < -0.3 is 0 Å². The Morgan fingerprint density at radius 2 is 1.89 bits per heavy atom. The summed E-state index contributed by atoms with van der Waals surface area (Å²) in [5, 5.41) is 8.44. The lowest BCUT2D eigenvalue weighted by Gasteiger charge is -2.11. The highest BCUT2D eigenvalue weighted by Crippen LogP contribution is 2.32. The van der Waals surface area contributed by atoms with Gasteiger partial charge in [0.1, 0.15) is 5.69 Å². The second-order valence-electron chi connectivity index (χ2n) is 4.89. The highest BCUT2D eigenvalue weighted by atomic mass is 15.4. The van der Waals surface area contributed by atoms with Crippen molar-refractivity contribution in [3.05, 3.63) is 43.1 Å². The quantitative estimate of drug-likeness (QED) is 0.819. The van der Waals surface area contributed by atoms with Crippen molar-refractivity contribution < 1.29 is 0 Å². The van der Waals surface area contributed by atoms with E-state index in [4.69, 9.17) is 0 Å². The minimum absolute atomic E-state index is 0.579. The summed E-state index contributed by atoms with van der Waals surface area (Å²) in [4.78, 5) is 0. The molecule has 0 atom stereocenters. The molecule has 3 nitrogen and oxygen atoms in total. The van der Waals surface area contributed by atoms with E-state index in [1.165, 1.54) is 25.7 Å². The Balaban J connectivity index is 1.83. The minimum atomic E-state index is 0.579. The Kier molecular flexibility index (Phi) is 2.97. The van der Waals surface area contributed by atoms with E-state index in [9.17, 15) is 0 Å². The van der Waals surface area contributed by atoms with Gasteiger partial charge in [-0.1, -0.05) is 55.0 Å². The lowest BCUT2D eigenvalue weighted by atomic mass is 10.1. The summed E-state index contributed by atoms with van der Waals surface area (Å²) in [6, 6.07) is 10.1. The maximum atomic E-state index is 4.23. The molecular weight excluding hydrogens is 222 g/mol. The van der Waals surface area contributed by atoms with Crippen molar-refractivity contribution in [2.75, 3.05) is 0 Å². The van der Waals surface area contributed by atoms with Crippen LogP contribution in [0.3, 0.4) is 0 Å². The normalized spacial score (nSPS) is 16.0. The van der Waals surface area contributed by atoms with Crippen LogP contribution in [0.15, 0.2) is 43.1 Å². The first-order valence-electron chi connectivity index (χ1n) is 6.51. The summed E-state index contributed by atoms with van der Waals surface area (Å²) in [5.74, 6) is 0.579. The van der Waals surface area contributed by atoms with Crippen molar-refractivity contribution in [3.63, 3.8) is 0 Å². The van der Waals surface area contributed by atoms with Gasteiger partial charge in [0, 0.05) is 17.2 Å². The van der Waals surface area contributed by atoms with E-state index >= 15 is 0 Å². The Bertz CT molecular complexity index is 536. The largest absolute Gasteiger partial charge is 0.225 e. The summed E-state index contributed by atoms with van der Waals surface area (Å²) >= 11 is 0. The van der Waals surface area contributed by atoms with Crippen molar-refractivity contribution in [1.29, 1.82) is 0 Å². The van der Waals surface area contributed by atoms with E-state index in [-0.39, 0.29) is 0 Å². The molecule has 1 aromatic heterocycles. The predicted molar refractivity (Wildman–Crippen MR) is 72.7 cm³/mol. The van der Waals surface area contributed by atoms with Crippen LogP contribution in [0.4, 0.5) is 0 Å². The van der Waals surface area contributed by atoms with Crippen LogP contribution < -0.4 is 0 Å². The monoisotopic (exact) mass is 239 g/mol. The zero-order chi connectivity index (χ0) is 12.4. The fourth-order valence-electron chi connectivity index (χ4n) is 2.59. The molecule has 0 spiro atoms. The van der Waals surface area contributed by atoms with Gasteiger partial charge in [-0.3, -0.25) is 0 Å². The van der Waals surface area contributed by atoms with Gasteiger partial charge >= 0.3 is 0 Å². The number of nitrogens with zero attached hydrogens (tertiary/aromatic N) is 3. The van der Waals surface area contributed by atoms with Crippen LogP contribution in [-0.2, 0) is 0 Å². The van der Waals surface area contributed by atoms with E-state index < -0.39 is 0 Å². The molecule has 1 fully saturated rings. The molecule has 1 saturated carbocycles. The van der Waals surface area contributed by atoms with Gasteiger partial charge in [0.05, 0.1) is 6.20 Å². The Morgan fingerprint density at radius 3 is 2.61 bits per heavy atom. The van der Waals surface area contributed by atoms with Gasteiger partial charge in [-0.25, -0.2) is 4.68 Å². The van der Waals surface area contributed by atoms with Gasteiger partial charge in [0.25, 0.3) is 0 Å². The third kappa shape index (κ3) is 2.08. The SMILES string of the molecule is C=C(C1CCCC1)n1cc(-c2ccccc2)nn1. The lowest BCUT2D eigenvalue weighted by molar-refractivity contribution is 0.641. The molecular formula is C15H17N3. The molecule has 18 heavy (non-hydrogen) atoms. The third-order valence-electron chi connectivity index (χ3n) is 3.68. The van der Waals surface area contributed by atoms with Gasteiger partial charge in [0.2, 0.25) is 0 Å². The van der Waals surface area contributed by atoms with Crippen molar-refractivity contribution in [2.24, 2.45) is 5.92 Å². The van der Waals surface area contributed by atoms with Crippen LogP contribution in [0.1, 0.15) is 25.7 Å². The Morgan fingerprint density at radius 1 is 1.17 bits per heavy atom. The molecule has 2 aromatic rings. The second-order valence-corrected chi connectivity index (χ2v) is 4.89. The van der Waals surface area contributed by atoms with Crippen LogP contribution in [0.2, 0.25) is 0 Å². The first kappa shape index (κ1) is 11.2. The van der Waals surface area contributed by atoms with Crippen molar-refractivity contribution >= 4 is 5.70 Å². The molecule has 1 aliphatic carbocycles. The average molecular weight is 239 g/mol. The lowest BCUT2D eigenvalue weighted by Crippen LogP contribution is -2.05. The zero-order valence-corrected chi connectivity index (χ0v) is 10.4. The van der Waals surface area contributed by atoms with Crippen LogP contribution in [0.25, 0.3) is 17.0 Å². The first-order valence-corrected chi connectivity index (χ1v) is 6.51. The van der Waals surface area contributed by atoms with Crippen LogP contribution in [0, 0.1) is 5.92 Å². The van der Waals surface area contributed by atoms with E-state index in [0.717, 1.165) is 17.0 Å². The first-order chi connectivity index (χ1) is 8.84. The van der Waals surface area contributed by atoms with E-state index in [1.54, 1.807) is 0 Å². The number of hydrogen-bond donors (Lipinski definition) is 0. The number of hydrogen-bond acceptors (Lipinski definition) is 2. The fourth-order valence-corrected chi connectivity index (χ4v) is 2.59. The molecule has 3 heteroatoms. The van der Waals surface area contributed by atoms with Gasteiger partial charge in [-0.2, -0.15) is 0 Å². The standard InChI is InChI=1S/C15H17N3/c1-12(13-7-5-6-8-13)18-11-15(16-17-18)14-9-3-2-4-10-14/h2-4,9-11,13H,1,5-8H2. The molecule has 0 aliphatic heterocycles. The van der Waals surface area contributed by atoms with Crippen molar-refractivity contribution in [1.82, 2.24) is 15.0 Å². The molecule has 1 heterocycles. The molecule has 92 valence electrons. The summed E-state index contributed by atoms with van der Waals surface area (Å²) in [5.41, 5.74) is 3.10. The number of rotatable bonds is 3. The maximum Gasteiger partial charge on any atom is 0.113 e. The van der Waals surface area contributed by atoms with Crippen LogP contribution in [-0.4, -0.2) is 15.0 Å². The molecule has 0 N–H and O–H groups in total. The summed E-state index contributed by atoms with van der Waals surface area (Å²) in [7, 11) is 0. The third-order valence-corrected chi connectivity index (χ3v) is 3.68. The Labute approximate surface area is 107 Å². The number of benzene rings is 1. The molecule has 0 saturated heterocycles. The molecule has 1 aliphatic rings. The smallest absolute Gasteiger partial charge is 0.113 e. The predicted octanol–water partition coefficient (Wildman–Crippen LogP) is 3.61. The topological polar surface area (TPSA) is 30.7 Å². The van der Waals surface area contributed by atoms with Gasteiger partial charge in [-0.15, -0.1) is 5.10 Å². The number of allylic oxidation sites excluding steroid dienone is 1. The minimum Gasteiger partial charge on any atom is -0.225 e. The summed E-state index contributed by atoms with van der Waals surface area (Å²) in [6.07, 6.45) is 7.07. The highest BCUT2D eigenvalue weighted by Gasteiger charge is 2.20. The molecule has 3 rings (SSSR count). The van der Waals surface area contributed by atoms with Gasteiger partial charge in [0.15, 0.2) is 0 Å². The molecule has 0 amide bonds. The summed E-state index contributed by atoms with van der Waals surface area (Å²) < 4.78 is 1.85. The van der Waals surface area contributed by atoms with Gasteiger partial charge in [-0.05, 0) is 12.8 Å². The zero-order valence-electron chi connectivity index (χ0n) is 10.4. The fraction of sp³-hybridized carbons (Fsp3) is 0.333. The molecule has 0 radical (unpaired) electrons. The van der Waals surface area contributed by atoms with E-state index in [1.807, 2.05) is 41.2 Å². The van der Waals surface area contributed by atoms with Crippen LogP contribution in [0.5, 0.6) is 0 Å². The summed E-state index contributed by atoms with van der Waals surface area (Å²) in [6.45, 7) is 4.17. The maximum absolute atomic E-state index is 4.23. The highest BCUT2D eigenvalue weighted by molar-refractivity contribution is 5.58. The van der Waals surface area contributed by atoms with E-state index in [2.05, 4.69) is 16.9 Å². The van der Waals surface area contributed by atoms with Crippen LogP contribution >= 0.6 is 0 Å². The molecule has 1 aromatic carbocycles. The molecule has 0 bridgehead atoms. The van der Waals surface area contributed by atoms with Crippen molar-refractivity contribution in [2.45, 2.75) is 25.7 Å². The van der Waals surface area contributed by atoms with Crippen molar-refractivity contribution in [3.8, 4) is 11.3 Å². The number of aromatic nitrogens is 3. The average Bonchev–Trinajstić information content (AvgIpc) is 3.10. The Hall–Kier alpha value is -1.90. The van der Waals surface area contributed by atoms with E-state index in [0.29, 0.717) is 5.92 Å². The molecule has 0 unspecified atom stereocenters.